The van der Waals surface area contributed by atoms with Gasteiger partial charge < -0.3 is 15.2 Å². The number of hydrogen-bond donors (Lipinski definition) is 2. The summed E-state index contributed by atoms with van der Waals surface area (Å²) in [5, 5.41) is 6.45. The van der Waals surface area contributed by atoms with E-state index in [4.69, 9.17) is 0 Å². The maximum atomic E-state index is 12.2. The average Bonchev–Trinajstić information content (AvgIpc) is 3.26. The van der Waals surface area contributed by atoms with Crippen LogP contribution in [0.4, 0.5) is 0 Å². The first-order valence-corrected chi connectivity index (χ1v) is 8.31. The second-order valence-corrected chi connectivity index (χ2v) is 6.25. The molecule has 1 aromatic carbocycles. The van der Waals surface area contributed by atoms with Crippen LogP contribution in [-0.4, -0.2) is 28.5 Å². The van der Waals surface area contributed by atoms with Crippen molar-refractivity contribution in [3.8, 4) is 5.69 Å². The summed E-state index contributed by atoms with van der Waals surface area (Å²) in [4.78, 5) is 16.2. The molecule has 0 bridgehead atoms. The van der Waals surface area contributed by atoms with Gasteiger partial charge in [0.05, 0.1) is 12.4 Å². The molecule has 2 atom stereocenters. The van der Waals surface area contributed by atoms with E-state index in [1.54, 1.807) is 12.5 Å². The van der Waals surface area contributed by atoms with Crippen molar-refractivity contribution in [1.29, 1.82) is 0 Å². The molecule has 0 radical (unpaired) electrons. The van der Waals surface area contributed by atoms with Crippen molar-refractivity contribution in [2.24, 2.45) is 5.92 Å². The highest BCUT2D eigenvalue weighted by atomic mass is 35.5. The van der Waals surface area contributed by atoms with E-state index < -0.39 is 0 Å². The lowest BCUT2D eigenvalue weighted by Crippen LogP contribution is -2.27. The fourth-order valence-electron chi connectivity index (χ4n) is 3.06. The zero-order chi connectivity index (χ0) is 16.1. The normalized spacial score (nSPS) is 17.2. The number of amides is 1. The number of carbonyl (C=O) groups is 1. The van der Waals surface area contributed by atoms with Gasteiger partial charge in [-0.1, -0.05) is 12.1 Å². The number of imidazole rings is 1. The van der Waals surface area contributed by atoms with Crippen LogP contribution in [-0.2, 0) is 4.79 Å². The smallest absolute Gasteiger partial charge is 0.220 e. The predicted octanol–water partition coefficient (Wildman–Crippen LogP) is 3.28. The maximum Gasteiger partial charge on any atom is 0.220 e. The molecule has 25 heavy (non-hydrogen) atoms. The van der Waals surface area contributed by atoms with E-state index >= 15 is 0 Å². The highest BCUT2D eigenvalue weighted by Crippen LogP contribution is 2.18. The number of halogens is 2. The number of hydrogen-bond acceptors (Lipinski definition) is 3. The number of rotatable bonds is 6. The topological polar surface area (TPSA) is 59.0 Å². The van der Waals surface area contributed by atoms with E-state index in [9.17, 15) is 4.79 Å². The van der Waals surface area contributed by atoms with Crippen molar-refractivity contribution in [2.75, 3.05) is 13.1 Å². The average molecular weight is 385 g/mol. The minimum Gasteiger partial charge on any atom is -0.350 e. The van der Waals surface area contributed by atoms with E-state index in [1.807, 2.05) is 35.9 Å². The Balaban J connectivity index is 0.00000156. The predicted molar refractivity (Wildman–Crippen MR) is 105 cm³/mol. The molecule has 2 aromatic rings. The highest BCUT2D eigenvalue weighted by Gasteiger charge is 2.17. The molecule has 0 saturated carbocycles. The first-order chi connectivity index (χ1) is 11.2. The quantitative estimate of drug-likeness (QED) is 0.803. The molecule has 2 N–H and O–H groups in total. The second kappa shape index (κ2) is 10.4. The zero-order valence-corrected chi connectivity index (χ0v) is 16.0. The van der Waals surface area contributed by atoms with Crippen molar-refractivity contribution in [1.82, 2.24) is 20.2 Å². The monoisotopic (exact) mass is 384 g/mol. The molecular weight excluding hydrogens is 359 g/mol. The molecule has 2 heterocycles. The van der Waals surface area contributed by atoms with Gasteiger partial charge in [-0.3, -0.25) is 4.79 Å². The molecule has 1 aromatic heterocycles. The van der Waals surface area contributed by atoms with Gasteiger partial charge in [-0.25, -0.2) is 4.98 Å². The van der Waals surface area contributed by atoms with Crippen LogP contribution in [0.2, 0.25) is 0 Å². The number of nitrogens with zero attached hydrogens (tertiary/aromatic N) is 2. The molecule has 1 fully saturated rings. The summed E-state index contributed by atoms with van der Waals surface area (Å²) in [6.45, 7) is 4.17. The second-order valence-electron chi connectivity index (χ2n) is 6.25. The number of benzene rings is 1. The Morgan fingerprint density at radius 1 is 1.44 bits per heavy atom. The van der Waals surface area contributed by atoms with Crippen LogP contribution >= 0.6 is 24.8 Å². The summed E-state index contributed by atoms with van der Waals surface area (Å²) in [6, 6.07) is 8.19. The summed E-state index contributed by atoms with van der Waals surface area (Å²) in [7, 11) is 0. The molecule has 0 aliphatic carbocycles. The molecule has 5 nitrogen and oxygen atoms in total. The minimum atomic E-state index is 0. The standard InChI is InChI=1S/C18H24N4O.2ClH/c1-14(21-18(23)6-5-15-7-8-19-12-15)16-3-2-4-17(11-16)22-10-9-20-13-22;;/h2-4,9-11,13-15,19H,5-8,12H2,1H3,(H,21,23);2*1H. The van der Waals surface area contributed by atoms with Crippen molar-refractivity contribution >= 4 is 30.7 Å². The lowest BCUT2D eigenvalue weighted by atomic mass is 10.0. The Bertz CT molecular complexity index is 642. The number of carbonyl (C=O) groups excluding carboxylic acids is 1. The van der Waals surface area contributed by atoms with E-state index in [0.717, 1.165) is 30.8 Å². The lowest BCUT2D eigenvalue weighted by Gasteiger charge is -2.16. The Morgan fingerprint density at radius 2 is 2.28 bits per heavy atom. The first-order valence-electron chi connectivity index (χ1n) is 8.31. The van der Waals surface area contributed by atoms with E-state index in [0.29, 0.717) is 12.3 Å². The summed E-state index contributed by atoms with van der Waals surface area (Å²) in [6.07, 6.45) is 8.22. The van der Waals surface area contributed by atoms with Gasteiger partial charge in [0.15, 0.2) is 0 Å². The molecular formula is C18H26Cl2N4O. The van der Waals surface area contributed by atoms with Crippen molar-refractivity contribution in [3.05, 3.63) is 48.5 Å². The Hall–Kier alpha value is -1.56. The molecule has 3 rings (SSSR count). The van der Waals surface area contributed by atoms with Crippen molar-refractivity contribution in [2.45, 2.75) is 32.2 Å². The zero-order valence-electron chi connectivity index (χ0n) is 14.4. The third-order valence-electron chi connectivity index (χ3n) is 4.49. The molecule has 1 amide bonds. The van der Waals surface area contributed by atoms with Crippen LogP contribution < -0.4 is 10.6 Å². The van der Waals surface area contributed by atoms with Crippen LogP contribution in [0, 0.1) is 5.92 Å². The van der Waals surface area contributed by atoms with Crippen LogP contribution in [0.3, 0.4) is 0 Å². The van der Waals surface area contributed by atoms with Crippen molar-refractivity contribution < 1.29 is 4.79 Å². The van der Waals surface area contributed by atoms with Crippen LogP contribution in [0.5, 0.6) is 0 Å². The van der Waals surface area contributed by atoms with Crippen LogP contribution in [0.15, 0.2) is 43.0 Å². The molecule has 1 aliphatic heterocycles. The Labute approximate surface area is 161 Å². The Morgan fingerprint density at radius 3 is 2.96 bits per heavy atom. The summed E-state index contributed by atoms with van der Waals surface area (Å²) in [5.74, 6) is 0.790. The molecule has 2 unspecified atom stereocenters. The third-order valence-corrected chi connectivity index (χ3v) is 4.49. The molecule has 0 spiro atoms. The van der Waals surface area contributed by atoms with Gasteiger partial charge >= 0.3 is 0 Å². The largest absolute Gasteiger partial charge is 0.350 e. The number of aromatic nitrogens is 2. The van der Waals surface area contributed by atoms with Crippen LogP contribution in [0.1, 0.15) is 37.8 Å². The summed E-state index contributed by atoms with van der Waals surface area (Å²) < 4.78 is 1.96. The summed E-state index contributed by atoms with van der Waals surface area (Å²) in [5.41, 5.74) is 2.16. The number of nitrogens with one attached hydrogen (secondary N) is 2. The fraction of sp³-hybridized carbons (Fsp3) is 0.444. The van der Waals surface area contributed by atoms with Gasteiger partial charge in [0.2, 0.25) is 5.91 Å². The van der Waals surface area contributed by atoms with Gasteiger partial charge in [-0.15, -0.1) is 24.8 Å². The SMILES string of the molecule is CC(NC(=O)CCC1CCNC1)c1cccc(-n2ccnc2)c1.Cl.Cl. The summed E-state index contributed by atoms with van der Waals surface area (Å²) >= 11 is 0. The molecule has 1 saturated heterocycles. The fourth-order valence-corrected chi connectivity index (χ4v) is 3.06. The third kappa shape index (κ3) is 6.03. The molecule has 7 heteroatoms. The van der Waals surface area contributed by atoms with E-state index in [2.05, 4.69) is 21.7 Å². The lowest BCUT2D eigenvalue weighted by molar-refractivity contribution is -0.122. The molecule has 1 aliphatic rings. The Kier molecular flexibility index (Phi) is 8.97. The molecule has 138 valence electrons. The maximum absolute atomic E-state index is 12.2. The van der Waals surface area contributed by atoms with Crippen LogP contribution in [0.25, 0.3) is 5.69 Å². The van der Waals surface area contributed by atoms with Gasteiger partial charge in [0.25, 0.3) is 0 Å². The van der Waals surface area contributed by atoms with Crippen molar-refractivity contribution in [3.63, 3.8) is 0 Å². The first kappa shape index (κ1) is 21.5. The van der Waals surface area contributed by atoms with Gasteiger partial charge in [0.1, 0.15) is 0 Å². The van der Waals surface area contributed by atoms with Gasteiger partial charge in [-0.05, 0) is 56.5 Å². The van der Waals surface area contributed by atoms with Gasteiger partial charge in [0, 0.05) is 24.5 Å². The highest BCUT2D eigenvalue weighted by molar-refractivity contribution is 5.85. The van der Waals surface area contributed by atoms with E-state index in [-0.39, 0.29) is 36.8 Å². The minimum absolute atomic E-state index is 0. The van der Waals surface area contributed by atoms with Gasteiger partial charge in [-0.2, -0.15) is 0 Å². The van der Waals surface area contributed by atoms with E-state index in [1.165, 1.54) is 6.42 Å².